The standard InChI is InChI=1S/C22H23N3O3/c1-4-25-21(27)19(17-10-12-18(13-11-17)23-15(2)26)20(22(25)28)24(3)14-16-8-6-5-7-9-16/h5-13H,4,14H2,1-3H3,(H,23,26). The van der Waals surface area contributed by atoms with Crippen LogP contribution in [0.15, 0.2) is 60.3 Å². The second-order valence-electron chi connectivity index (χ2n) is 6.68. The summed E-state index contributed by atoms with van der Waals surface area (Å²) in [5.74, 6) is -0.749. The van der Waals surface area contributed by atoms with Crippen LogP contribution in [0.2, 0.25) is 0 Å². The average Bonchev–Trinajstić information content (AvgIpc) is 2.92. The number of rotatable bonds is 6. The normalized spacial score (nSPS) is 13.9. The molecule has 0 radical (unpaired) electrons. The highest BCUT2D eigenvalue weighted by molar-refractivity contribution is 6.35. The van der Waals surface area contributed by atoms with E-state index in [-0.39, 0.29) is 17.7 Å². The predicted octanol–water partition coefficient (Wildman–Crippen LogP) is 2.88. The molecule has 1 heterocycles. The fourth-order valence-electron chi connectivity index (χ4n) is 3.32. The number of imide groups is 1. The number of benzene rings is 2. The van der Waals surface area contributed by atoms with Crippen LogP contribution in [0.3, 0.4) is 0 Å². The van der Waals surface area contributed by atoms with E-state index in [4.69, 9.17) is 0 Å². The van der Waals surface area contributed by atoms with Crippen molar-refractivity contribution in [2.45, 2.75) is 20.4 Å². The van der Waals surface area contributed by atoms with Crippen molar-refractivity contribution >= 4 is 29.0 Å². The van der Waals surface area contributed by atoms with Crippen molar-refractivity contribution in [1.29, 1.82) is 0 Å². The van der Waals surface area contributed by atoms with E-state index < -0.39 is 0 Å². The van der Waals surface area contributed by atoms with E-state index in [9.17, 15) is 14.4 Å². The number of hydrogen-bond acceptors (Lipinski definition) is 4. The molecule has 2 aromatic carbocycles. The molecule has 0 unspecified atom stereocenters. The smallest absolute Gasteiger partial charge is 0.277 e. The Morgan fingerprint density at radius 2 is 1.64 bits per heavy atom. The molecule has 3 amide bonds. The first-order valence-corrected chi connectivity index (χ1v) is 9.16. The molecule has 144 valence electrons. The first-order chi connectivity index (χ1) is 13.4. The van der Waals surface area contributed by atoms with Crippen LogP contribution in [-0.2, 0) is 20.9 Å². The van der Waals surface area contributed by atoms with Crippen molar-refractivity contribution in [2.75, 3.05) is 18.9 Å². The first-order valence-electron chi connectivity index (χ1n) is 9.16. The summed E-state index contributed by atoms with van der Waals surface area (Å²) in [5, 5.41) is 2.70. The largest absolute Gasteiger partial charge is 0.365 e. The van der Waals surface area contributed by atoms with Crippen molar-refractivity contribution in [2.24, 2.45) is 0 Å². The van der Waals surface area contributed by atoms with Gasteiger partial charge in [-0.2, -0.15) is 0 Å². The Balaban J connectivity index is 2.00. The third kappa shape index (κ3) is 3.81. The fraction of sp³-hybridized carbons (Fsp3) is 0.227. The highest BCUT2D eigenvalue weighted by Gasteiger charge is 2.39. The van der Waals surface area contributed by atoms with Crippen LogP contribution < -0.4 is 5.32 Å². The van der Waals surface area contributed by atoms with E-state index in [1.807, 2.05) is 42.3 Å². The lowest BCUT2D eigenvalue weighted by Gasteiger charge is -2.21. The summed E-state index contributed by atoms with van der Waals surface area (Å²) in [4.78, 5) is 40.1. The number of carbonyl (C=O) groups excluding carboxylic acids is 3. The molecule has 0 saturated heterocycles. The molecule has 2 aromatic rings. The monoisotopic (exact) mass is 377 g/mol. The van der Waals surface area contributed by atoms with Gasteiger partial charge in [-0.1, -0.05) is 42.5 Å². The lowest BCUT2D eigenvalue weighted by atomic mass is 10.0. The Hall–Kier alpha value is -3.41. The molecule has 0 aliphatic carbocycles. The first kappa shape index (κ1) is 19.4. The lowest BCUT2D eigenvalue weighted by molar-refractivity contribution is -0.137. The molecule has 0 spiro atoms. The third-order valence-electron chi connectivity index (χ3n) is 4.60. The summed E-state index contributed by atoms with van der Waals surface area (Å²) in [6.07, 6.45) is 0. The Morgan fingerprint density at radius 3 is 2.21 bits per heavy atom. The summed E-state index contributed by atoms with van der Waals surface area (Å²) in [6.45, 7) is 4.05. The molecule has 0 fully saturated rings. The molecule has 0 aromatic heterocycles. The molecule has 0 bridgehead atoms. The molecule has 6 nitrogen and oxygen atoms in total. The second-order valence-corrected chi connectivity index (χ2v) is 6.68. The molecule has 28 heavy (non-hydrogen) atoms. The number of hydrogen-bond donors (Lipinski definition) is 1. The quantitative estimate of drug-likeness (QED) is 0.786. The van der Waals surface area contributed by atoms with Gasteiger partial charge in [0.2, 0.25) is 5.91 Å². The molecule has 6 heteroatoms. The minimum absolute atomic E-state index is 0.167. The number of amides is 3. The number of nitrogens with zero attached hydrogens (tertiary/aromatic N) is 2. The van der Waals surface area contributed by atoms with Gasteiger partial charge in [-0.15, -0.1) is 0 Å². The van der Waals surface area contributed by atoms with Gasteiger partial charge in [0, 0.05) is 32.7 Å². The molecular formula is C22H23N3O3. The molecule has 1 aliphatic heterocycles. The maximum absolute atomic E-state index is 12.9. The molecule has 0 atom stereocenters. The second kappa shape index (κ2) is 8.08. The van der Waals surface area contributed by atoms with Gasteiger partial charge in [-0.05, 0) is 30.2 Å². The van der Waals surface area contributed by atoms with Gasteiger partial charge >= 0.3 is 0 Å². The minimum Gasteiger partial charge on any atom is -0.365 e. The van der Waals surface area contributed by atoms with E-state index in [1.54, 1.807) is 31.2 Å². The molecule has 3 rings (SSSR count). The molecule has 1 N–H and O–H groups in total. The molecular weight excluding hydrogens is 354 g/mol. The van der Waals surface area contributed by atoms with Gasteiger partial charge in [0.15, 0.2) is 0 Å². The topological polar surface area (TPSA) is 69.7 Å². The summed E-state index contributed by atoms with van der Waals surface area (Å²) in [7, 11) is 1.82. The van der Waals surface area contributed by atoms with Crippen LogP contribution in [-0.4, -0.2) is 41.1 Å². The highest BCUT2D eigenvalue weighted by Crippen LogP contribution is 2.32. The lowest BCUT2D eigenvalue weighted by Crippen LogP contribution is -2.33. The summed E-state index contributed by atoms with van der Waals surface area (Å²) >= 11 is 0. The van der Waals surface area contributed by atoms with Crippen molar-refractivity contribution < 1.29 is 14.4 Å². The maximum atomic E-state index is 12.9. The van der Waals surface area contributed by atoms with Gasteiger partial charge in [0.1, 0.15) is 5.70 Å². The van der Waals surface area contributed by atoms with E-state index in [0.717, 1.165) is 5.56 Å². The zero-order valence-corrected chi connectivity index (χ0v) is 16.2. The third-order valence-corrected chi connectivity index (χ3v) is 4.60. The van der Waals surface area contributed by atoms with Crippen LogP contribution in [0.5, 0.6) is 0 Å². The van der Waals surface area contributed by atoms with Crippen LogP contribution in [0.1, 0.15) is 25.0 Å². The predicted molar refractivity (Wildman–Crippen MR) is 108 cm³/mol. The van der Waals surface area contributed by atoms with Crippen molar-refractivity contribution in [3.05, 3.63) is 71.4 Å². The fourth-order valence-corrected chi connectivity index (χ4v) is 3.32. The Labute approximate surface area is 164 Å². The van der Waals surface area contributed by atoms with E-state index in [2.05, 4.69) is 5.32 Å². The summed E-state index contributed by atoms with van der Waals surface area (Å²) < 4.78 is 0. The number of carbonyl (C=O) groups is 3. The zero-order chi connectivity index (χ0) is 20.3. The van der Waals surface area contributed by atoms with Crippen LogP contribution in [0.4, 0.5) is 5.69 Å². The van der Waals surface area contributed by atoms with E-state index in [1.165, 1.54) is 11.8 Å². The van der Waals surface area contributed by atoms with Crippen LogP contribution in [0, 0.1) is 0 Å². The molecule has 1 aliphatic rings. The summed E-state index contributed by atoms with van der Waals surface area (Å²) in [5.41, 5.74) is 3.12. The number of anilines is 1. The average molecular weight is 377 g/mol. The van der Waals surface area contributed by atoms with Crippen molar-refractivity contribution in [3.63, 3.8) is 0 Å². The van der Waals surface area contributed by atoms with E-state index >= 15 is 0 Å². The Bertz CT molecular complexity index is 933. The van der Waals surface area contributed by atoms with Gasteiger partial charge in [-0.3, -0.25) is 19.3 Å². The Morgan fingerprint density at radius 1 is 1.00 bits per heavy atom. The minimum atomic E-state index is -0.297. The van der Waals surface area contributed by atoms with Crippen molar-refractivity contribution in [1.82, 2.24) is 9.80 Å². The summed E-state index contributed by atoms with van der Waals surface area (Å²) in [6, 6.07) is 16.8. The Kier molecular flexibility index (Phi) is 5.59. The van der Waals surface area contributed by atoms with E-state index in [0.29, 0.717) is 35.6 Å². The van der Waals surface area contributed by atoms with Gasteiger partial charge in [0.25, 0.3) is 11.8 Å². The van der Waals surface area contributed by atoms with Gasteiger partial charge in [0.05, 0.1) is 5.57 Å². The van der Waals surface area contributed by atoms with Crippen LogP contribution in [0.25, 0.3) is 5.57 Å². The molecule has 0 saturated carbocycles. The number of nitrogens with one attached hydrogen (secondary N) is 1. The SMILES string of the molecule is CCN1C(=O)C(c2ccc(NC(C)=O)cc2)=C(N(C)Cc2ccccc2)C1=O. The van der Waals surface area contributed by atoms with Gasteiger partial charge < -0.3 is 10.2 Å². The van der Waals surface area contributed by atoms with Crippen molar-refractivity contribution in [3.8, 4) is 0 Å². The van der Waals surface area contributed by atoms with Crippen LogP contribution >= 0.6 is 0 Å². The highest BCUT2D eigenvalue weighted by atomic mass is 16.2. The van der Waals surface area contributed by atoms with Gasteiger partial charge in [-0.25, -0.2) is 0 Å². The zero-order valence-electron chi connectivity index (χ0n) is 16.2. The maximum Gasteiger partial charge on any atom is 0.277 e. The number of likely N-dealkylation sites (N-methyl/N-ethyl adjacent to an activating group) is 2.